The maximum Gasteiger partial charge on any atom is 0.0328 e. The van der Waals surface area contributed by atoms with Gasteiger partial charge in [0.1, 0.15) is 0 Å². The highest BCUT2D eigenvalue weighted by Gasteiger charge is 2.42. The number of hydrogen-bond donors (Lipinski definition) is 1. The van der Waals surface area contributed by atoms with Crippen molar-refractivity contribution in [1.29, 1.82) is 0 Å². The van der Waals surface area contributed by atoms with E-state index in [1.54, 1.807) is 11.1 Å². The van der Waals surface area contributed by atoms with Crippen LogP contribution in [0.1, 0.15) is 36.4 Å². The number of rotatable bonds is 2. The van der Waals surface area contributed by atoms with Gasteiger partial charge in [-0.05, 0) is 48.6 Å². The van der Waals surface area contributed by atoms with Gasteiger partial charge in [0.25, 0.3) is 0 Å². The Balaban J connectivity index is 1.49. The predicted octanol–water partition coefficient (Wildman–Crippen LogP) is 3.23. The molecule has 1 aromatic carbocycles. The molecule has 0 spiro atoms. The molecule has 1 fully saturated rings. The van der Waals surface area contributed by atoms with Crippen LogP contribution >= 0.6 is 0 Å². The Morgan fingerprint density at radius 3 is 3.06 bits per heavy atom. The van der Waals surface area contributed by atoms with Crippen LogP contribution in [0, 0.1) is 11.8 Å². The molecule has 3 aliphatic carbocycles. The smallest absolute Gasteiger partial charge is 0.0328 e. The monoisotopic (exact) mass is 225 g/mol. The standard InChI is InChI=1S/C16H19N/c1-2-6-13-11(4-1)8-9-15(13)17-16-10-12-5-3-7-14(12)16/h1-4,6-7,12,14-17H,5,8-10H2. The molecule has 1 nitrogen and oxygen atoms in total. The molecule has 4 unspecified atom stereocenters. The summed E-state index contributed by atoms with van der Waals surface area (Å²) in [6.45, 7) is 0. The van der Waals surface area contributed by atoms with E-state index >= 15 is 0 Å². The molecule has 0 aliphatic heterocycles. The molecule has 17 heavy (non-hydrogen) atoms. The zero-order valence-corrected chi connectivity index (χ0v) is 10.1. The van der Waals surface area contributed by atoms with Crippen molar-refractivity contribution in [2.45, 2.75) is 37.8 Å². The second-order valence-electron chi connectivity index (χ2n) is 5.80. The maximum absolute atomic E-state index is 3.89. The molecule has 1 heteroatoms. The van der Waals surface area contributed by atoms with Gasteiger partial charge in [-0.3, -0.25) is 0 Å². The molecule has 0 heterocycles. The first-order valence-electron chi connectivity index (χ1n) is 6.92. The number of fused-ring (bicyclic) bond motifs is 2. The number of aryl methyl sites for hydroxylation is 1. The van der Waals surface area contributed by atoms with Gasteiger partial charge in [0, 0.05) is 12.1 Å². The van der Waals surface area contributed by atoms with Gasteiger partial charge in [0.2, 0.25) is 0 Å². The third kappa shape index (κ3) is 1.49. The van der Waals surface area contributed by atoms with Gasteiger partial charge in [-0.25, -0.2) is 0 Å². The highest BCUT2D eigenvalue weighted by Crippen LogP contribution is 2.44. The van der Waals surface area contributed by atoms with Gasteiger partial charge in [-0.15, -0.1) is 0 Å². The summed E-state index contributed by atoms with van der Waals surface area (Å²) in [5.74, 6) is 1.80. The summed E-state index contributed by atoms with van der Waals surface area (Å²) in [4.78, 5) is 0. The number of hydrogen-bond acceptors (Lipinski definition) is 1. The van der Waals surface area contributed by atoms with Crippen molar-refractivity contribution in [2.75, 3.05) is 0 Å². The lowest BCUT2D eigenvalue weighted by Gasteiger charge is -2.42. The second kappa shape index (κ2) is 3.71. The molecule has 88 valence electrons. The summed E-state index contributed by atoms with van der Waals surface area (Å²) in [5.41, 5.74) is 3.11. The Labute approximate surface area is 103 Å². The molecule has 0 radical (unpaired) electrons. The Hall–Kier alpha value is -1.08. The highest BCUT2D eigenvalue weighted by atomic mass is 15.0. The SMILES string of the molecule is C1=CC2C(C1)CC2NC1CCc2ccccc21. The quantitative estimate of drug-likeness (QED) is 0.762. The first-order valence-corrected chi connectivity index (χ1v) is 6.92. The molecular weight excluding hydrogens is 206 g/mol. The molecule has 0 saturated heterocycles. The largest absolute Gasteiger partial charge is 0.307 e. The lowest BCUT2D eigenvalue weighted by molar-refractivity contribution is 0.150. The number of allylic oxidation sites excluding steroid dienone is 1. The molecule has 1 saturated carbocycles. The molecule has 0 amide bonds. The Bertz CT molecular complexity index is 462. The summed E-state index contributed by atoms with van der Waals surface area (Å²) in [6, 6.07) is 10.3. The topological polar surface area (TPSA) is 12.0 Å². The van der Waals surface area contributed by atoms with E-state index in [0.29, 0.717) is 6.04 Å². The first-order chi connectivity index (χ1) is 8.42. The van der Waals surface area contributed by atoms with Crippen LogP contribution in [0.2, 0.25) is 0 Å². The number of nitrogens with one attached hydrogen (secondary N) is 1. The summed E-state index contributed by atoms with van der Waals surface area (Å²) in [6.07, 6.45) is 10.1. The van der Waals surface area contributed by atoms with Gasteiger partial charge in [0.15, 0.2) is 0 Å². The molecule has 4 rings (SSSR count). The van der Waals surface area contributed by atoms with Crippen molar-refractivity contribution < 1.29 is 0 Å². The zero-order chi connectivity index (χ0) is 11.2. The fourth-order valence-electron chi connectivity index (χ4n) is 3.90. The minimum atomic E-state index is 0.617. The van der Waals surface area contributed by atoms with Crippen LogP contribution in [-0.4, -0.2) is 6.04 Å². The lowest BCUT2D eigenvalue weighted by atomic mass is 9.71. The van der Waals surface area contributed by atoms with E-state index in [0.717, 1.165) is 17.9 Å². The summed E-state index contributed by atoms with van der Waals surface area (Å²) >= 11 is 0. The Kier molecular flexibility index (Phi) is 2.16. The van der Waals surface area contributed by atoms with Gasteiger partial charge in [0.05, 0.1) is 0 Å². The molecule has 0 aromatic heterocycles. The molecule has 1 aromatic rings. The van der Waals surface area contributed by atoms with Crippen molar-refractivity contribution in [1.82, 2.24) is 5.32 Å². The minimum absolute atomic E-state index is 0.617. The summed E-state index contributed by atoms with van der Waals surface area (Å²) in [7, 11) is 0. The van der Waals surface area contributed by atoms with E-state index < -0.39 is 0 Å². The van der Waals surface area contributed by atoms with Crippen LogP contribution in [0.15, 0.2) is 36.4 Å². The summed E-state index contributed by atoms with van der Waals surface area (Å²) in [5, 5.41) is 3.89. The predicted molar refractivity (Wildman–Crippen MR) is 69.8 cm³/mol. The van der Waals surface area contributed by atoms with Gasteiger partial charge >= 0.3 is 0 Å². The third-order valence-corrected chi connectivity index (χ3v) is 4.91. The normalized spacial score (nSPS) is 37.6. The zero-order valence-electron chi connectivity index (χ0n) is 10.1. The Morgan fingerprint density at radius 2 is 2.12 bits per heavy atom. The van der Waals surface area contributed by atoms with E-state index in [2.05, 4.69) is 41.7 Å². The third-order valence-electron chi connectivity index (χ3n) is 4.91. The van der Waals surface area contributed by atoms with E-state index in [1.165, 1.54) is 25.7 Å². The van der Waals surface area contributed by atoms with Crippen molar-refractivity contribution in [2.24, 2.45) is 11.8 Å². The molecule has 1 N–H and O–H groups in total. The van der Waals surface area contributed by atoms with Crippen LogP contribution in [0.5, 0.6) is 0 Å². The average molecular weight is 225 g/mol. The Morgan fingerprint density at radius 1 is 1.18 bits per heavy atom. The van der Waals surface area contributed by atoms with Gasteiger partial charge in [-0.2, -0.15) is 0 Å². The first kappa shape index (κ1) is 9.90. The lowest BCUT2D eigenvalue weighted by Crippen LogP contribution is -2.48. The maximum atomic E-state index is 3.89. The highest BCUT2D eigenvalue weighted by molar-refractivity contribution is 5.34. The molecular formula is C16H19N. The van der Waals surface area contributed by atoms with E-state index in [9.17, 15) is 0 Å². The second-order valence-corrected chi connectivity index (χ2v) is 5.80. The van der Waals surface area contributed by atoms with Crippen LogP contribution in [0.25, 0.3) is 0 Å². The molecule has 4 atom stereocenters. The van der Waals surface area contributed by atoms with Crippen LogP contribution in [0.3, 0.4) is 0 Å². The number of benzene rings is 1. The van der Waals surface area contributed by atoms with Crippen molar-refractivity contribution in [3.8, 4) is 0 Å². The van der Waals surface area contributed by atoms with Crippen molar-refractivity contribution >= 4 is 0 Å². The van der Waals surface area contributed by atoms with E-state index in [1.807, 2.05) is 0 Å². The minimum Gasteiger partial charge on any atom is -0.307 e. The van der Waals surface area contributed by atoms with Crippen molar-refractivity contribution in [3.63, 3.8) is 0 Å². The summed E-state index contributed by atoms with van der Waals surface area (Å²) < 4.78 is 0. The van der Waals surface area contributed by atoms with Gasteiger partial charge in [-0.1, -0.05) is 36.4 Å². The van der Waals surface area contributed by atoms with Crippen molar-refractivity contribution in [3.05, 3.63) is 47.5 Å². The molecule has 0 bridgehead atoms. The average Bonchev–Trinajstić information content (AvgIpc) is 2.90. The van der Waals surface area contributed by atoms with E-state index in [-0.39, 0.29) is 0 Å². The van der Waals surface area contributed by atoms with Gasteiger partial charge < -0.3 is 5.32 Å². The van der Waals surface area contributed by atoms with Crippen LogP contribution in [0.4, 0.5) is 0 Å². The van der Waals surface area contributed by atoms with Crippen LogP contribution in [-0.2, 0) is 6.42 Å². The fourth-order valence-corrected chi connectivity index (χ4v) is 3.90. The van der Waals surface area contributed by atoms with Crippen LogP contribution < -0.4 is 5.32 Å². The fraction of sp³-hybridized carbons (Fsp3) is 0.500. The molecule has 3 aliphatic rings. The van der Waals surface area contributed by atoms with E-state index in [4.69, 9.17) is 0 Å².